The summed E-state index contributed by atoms with van der Waals surface area (Å²) in [5.41, 5.74) is -2.78. The fourth-order valence-corrected chi connectivity index (χ4v) is 7.70. The summed E-state index contributed by atoms with van der Waals surface area (Å²) >= 11 is 0. The molecule has 0 saturated heterocycles. The van der Waals surface area contributed by atoms with Gasteiger partial charge in [-0.3, -0.25) is 0 Å². The van der Waals surface area contributed by atoms with E-state index in [2.05, 4.69) is 0 Å². The molecule has 6 aromatic carbocycles. The van der Waals surface area contributed by atoms with Gasteiger partial charge in [-0.2, -0.15) is 13.2 Å². The molecule has 0 atom stereocenters. The van der Waals surface area contributed by atoms with Crippen LogP contribution in [0.15, 0.2) is 97.1 Å². The second kappa shape index (κ2) is 12.2. The van der Waals surface area contributed by atoms with E-state index < -0.39 is 74.2 Å². The lowest BCUT2D eigenvalue weighted by molar-refractivity contribution is -0.137. The molecule has 0 spiro atoms. The Balaban J connectivity index is 1.65. The van der Waals surface area contributed by atoms with Crippen LogP contribution in [0.3, 0.4) is 0 Å². The average molecular weight is 755 g/mol. The van der Waals surface area contributed by atoms with E-state index >= 15 is 30.7 Å². The molecule has 0 fully saturated rings. The molecule has 0 aliphatic carbocycles. The average Bonchev–Trinajstić information content (AvgIpc) is 3.64. The summed E-state index contributed by atoms with van der Waals surface area (Å²) < 4.78 is 128. The van der Waals surface area contributed by atoms with E-state index in [1.165, 1.54) is 9.13 Å². The molecular weight excluding hydrogens is 720 g/mol. The zero-order valence-electron chi connectivity index (χ0n) is 30.7. The molecule has 0 radical (unpaired) electrons. The number of hydrogen-bond acceptors (Lipinski definition) is 0. The standard InChI is InChI=1S/C45H34F8N2/c1-43(2,3)23-15-17-27-25-11-7-9-13-30(25)54(33(27)21-23)32-20-19-29(35-37(46)39(48)41(50)40(49)38(35)47)42(36(32)45(51,52)53)55-31-14-10-8-12-26(31)28-18-16-24(22-34(28)55)44(4,5)6/h7-22H,1-6H3. The molecule has 2 aromatic heterocycles. The summed E-state index contributed by atoms with van der Waals surface area (Å²) in [6.07, 6.45) is -5.25. The molecule has 10 heteroatoms. The van der Waals surface area contributed by atoms with Crippen LogP contribution < -0.4 is 0 Å². The first-order valence-corrected chi connectivity index (χ1v) is 17.6. The van der Waals surface area contributed by atoms with Crippen LogP contribution in [0.1, 0.15) is 58.2 Å². The Hall–Kier alpha value is -5.64. The summed E-state index contributed by atoms with van der Waals surface area (Å²) in [5, 5.41) is 2.36. The zero-order chi connectivity index (χ0) is 39.5. The van der Waals surface area contributed by atoms with Crippen molar-refractivity contribution in [1.29, 1.82) is 0 Å². The Labute approximate surface area is 311 Å². The van der Waals surface area contributed by atoms with E-state index in [4.69, 9.17) is 0 Å². The molecule has 0 bridgehead atoms. The van der Waals surface area contributed by atoms with Crippen LogP contribution >= 0.6 is 0 Å². The molecule has 0 aliphatic heterocycles. The maximum Gasteiger partial charge on any atom is 0.420 e. The Kier molecular flexibility index (Phi) is 8.05. The molecule has 280 valence electrons. The number of hydrogen-bond donors (Lipinski definition) is 0. The maximum absolute atomic E-state index is 16.3. The van der Waals surface area contributed by atoms with Crippen molar-refractivity contribution in [2.75, 3.05) is 0 Å². The molecule has 0 N–H and O–H groups in total. The van der Waals surface area contributed by atoms with Gasteiger partial charge in [0.15, 0.2) is 23.3 Å². The molecule has 8 aromatic rings. The van der Waals surface area contributed by atoms with Gasteiger partial charge in [-0.05, 0) is 58.4 Å². The SMILES string of the molecule is CC(C)(C)c1ccc2c3ccccc3n(-c3ccc(-c4c(F)c(F)c(F)c(F)c4F)c(-n4c5ccccc5c5ccc(C(C)(C)C)cc54)c3C(F)(F)F)c2c1. The van der Waals surface area contributed by atoms with Gasteiger partial charge in [0, 0.05) is 27.1 Å². The van der Waals surface area contributed by atoms with Crippen molar-refractivity contribution in [3.63, 3.8) is 0 Å². The number of rotatable bonds is 3. The van der Waals surface area contributed by atoms with Crippen LogP contribution in [-0.4, -0.2) is 9.13 Å². The number of benzene rings is 6. The van der Waals surface area contributed by atoms with Crippen molar-refractivity contribution < 1.29 is 35.1 Å². The first-order chi connectivity index (χ1) is 25.8. The van der Waals surface area contributed by atoms with Crippen molar-refractivity contribution >= 4 is 43.6 Å². The molecule has 0 saturated carbocycles. The first-order valence-electron chi connectivity index (χ1n) is 17.6. The van der Waals surface area contributed by atoms with Gasteiger partial charge in [0.25, 0.3) is 0 Å². The van der Waals surface area contributed by atoms with Gasteiger partial charge in [0.1, 0.15) is 5.56 Å². The second-order valence-electron chi connectivity index (χ2n) is 16.0. The Morgan fingerprint density at radius 1 is 0.436 bits per heavy atom. The molecule has 2 heterocycles. The van der Waals surface area contributed by atoms with E-state index in [1.807, 2.05) is 65.8 Å². The monoisotopic (exact) mass is 754 g/mol. The second-order valence-corrected chi connectivity index (χ2v) is 16.0. The number of fused-ring (bicyclic) bond motifs is 6. The lowest BCUT2D eigenvalue weighted by atomic mass is 9.86. The largest absolute Gasteiger partial charge is 0.420 e. The molecule has 2 nitrogen and oxygen atoms in total. The smallest absolute Gasteiger partial charge is 0.309 e. The Bertz CT molecular complexity index is 2850. The predicted octanol–water partition coefficient (Wildman–Crippen LogP) is 13.9. The van der Waals surface area contributed by atoms with E-state index in [1.54, 1.807) is 60.7 Å². The number of aromatic nitrogens is 2. The van der Waals surface area contributed by atoms with Gasteiger partial charge < -0.3 is 9.13 Å². The van der Waals surface area contributed by atoms with Gasteiger partial charge in [-0.15, -0.1) is 0 Å². The van der Waals surface area contributed by atoms with Crippen LogP contribution in [0.4, 0.5) is 35.1 Å². The summed E-state index contributed by atoms with van der Waals surface area (Å²) in [4.78, 5) is 0. The van der Waals surface area contributed by atoms with E-state index in [9.17, 15) is 4.39 Å². The predicted molar refractivity (Wildman–Crippen MR) is 203 cm³/mol. The highest BCUT2D eigenvalue weighted by Crippen LogP contribution is 2.49. The number of alkyl halides is 3. The minimum atomic E-state index is -5.25. The molecule has 55 heavy (non-hydrogen) atoms. The number of halogens is 8. The minimum Gasteiger partial charge on any atom is -0.309 e. The van der Waals surface area contributed by atoms with Crippen LogP contribution in [0, 0.1) is 29.1 Å². The van der Waals surface area contributed by atoms with Crippen LogP contribution in [0.25, 0.3) is 66.1 Å². The summed E-state index contributed by atoms with van der Waals surface area (Å²) in [5.74, 6) is -11.5. The third-order valence-electron chi connectivity index (χ3n) is 10.5. The molecule has 0 unspecified atom stereocenters. The minimum absolute atomic E-state index is 0.230. The van der Waals surface area contributed by atoms with Crippen molar-refractivity contribution in [3.8, 4) is 22.5 Å². The lowest BCUT2D eigenvalue weighted by Crippen LogP contribution is -2.18. The number of nitrogens with zero attached hydrogens (tertiary/aromatic N) is 2. The molecule has 8 rings (SSSR count). The quantitative estimate of drug-likeness (QED) is 0.0966. The highest BCUT2D eigenvalue weighted by atomic mass is 19.4. The van der Waals surface area contributed by atoms with Crippen molar-refractivity contribution in [3.05, 3.63) is 143 Å². The van der Waals surface area contributed by atoms with E-state index in [0.717, 1.165) is 23.3 Å². The highest BCUT2D eigenvalue weighted by molar-refractivity contribution is 6.11. The van der Waals surface area contributed by atoms with Gasteiger partial charge in [-0.1, -0.05) is 102 Å². The Morgan fingerprint density at radius 3 is 1.33 bits per heavy atom. The Morgan fingerprint density at radius 2 is 0.855 bits per heavy atom. The molecule has 0 aliphatic rings. The summed E-state index contributed by atoms with van der Waals surface area (Å²) in [7, 11) is 0. The summed E-state index contributed by atoms with van der Waals surface area (Å²) in [6.45, 7) is 11.7. The highest BCUT2D eigenvalue weighted by Gasteiger charge is 2.42. The number of para-hydroxylation sites is 2. The molecule has 0 amide bonds. The van der Waals surface area contributed by atoms with E-state index in [-0.39, 0.29) is 11.0 Å². The third kappa shape index (κ3) is 5.51. The zero-order valence-corrected chi connectivity index (χ0v) is 30.7. The first kappa shape index (κ1) is 36.3. The van der Waals surface area contributed by atoms with Crippen molar-refractivity contribution in [1.82, 2.24) is 9.13 Å². The van der Waals surface area contributed by atoms with Crippen molar-refractivity contribution in [2.45, 2.75) is 58.5 Å². The normalized spacial score (nSPS) is 12.9. The lowest BCUT2D eigenvalue weighted by Gasteiger charge is -2.25. The third-order valence-corrected chi connectivity index (χ3v) is 10.5. The van der Waals surface area contributed by atoms with Crippen molar-refractivity contribution in [2.24, 2.45) is 0 Å². The topological polar surface area (TPSA) is 9.86 Å². The van der Waals surface area contributed by atoms with Gasteiger partial charge in [0.2, 0.25) is 5.82 Å². The van der Waals surface area contributed by atoms with Crippen LogP contribution in [0.2, 0.25) is 0 Å². The summed E-state index contributed by atoms with van der Waals surface area (Å²) in [6, 6.07) is 26.5. The fourth-order valence-electron chi connectivity index (χ4n) is 7.70. The fraction of sp³-hybridized carbons (Fsp3) is 0.200. The van der Waals surface area contributed by atoms with Gasteiger partial charge in [-0.25, -0.2) is 22.0 Å². The molecular formula is C45H34F8N2. The van der Waals surface area contributed by atoms with Crippen LogP contribution in [0.5, 0.6) is 0 Å². The van der Waals surface area contributed by atoms with Gasteiger partial charge in [0.05, 0.1) is 39.0 Å². The van der Waals surface area contributed by atoms with E-state index in [0.29, 0.717) is 32.6 Å². The maximum atomic E-state index is 16.3. The van der Waals surface area contributed by atoms with Gasteiger partial charge >= 0.3 is 6.18 Å². The van der Waals surface area contributed by atoms with Crippen LogP contribution in [-0.2, 0) is 17.0 Å².